The Kier molecular flexibility index (Phi) is 6.48. The molecule has 2 rings (SSSR count). The normalized spacial score (nSPS) is 11.8. The Morgan fingerprint density at radius 3 is 2.61 bits per heavy atom. The number of hydrogen-bond donors (Lipinski definition) is 0. The second-order valence-corrected chi connectivity index (χ2v) is 5.82. The maximum absolute atomic E-state index is 12.3. The maximum Gasteiger partial charge on any atom is 0.245 e. The molecule has 0 radical (unpaired) electrons. The zero-order valence-electron chi connectivity index (χ0n) is 13.5. The molecule has 0 aromatic heterocycles. The summed E-state index contributed by atoms with van der Waals surface area (Å²) in [6.07, 6.45) is 0.973. The first kappa shape index (κ1) is 17.4. The standard InChI is InChI=1S/C19H22ClNO2/c1-3-15-8-7-11-17(14-15)23-13-12-21(2)19(22)18(20)16-9-5-4-6-10-16/h4-11,14,18H,3,12-13H2,1-2H3. The van der Waals surface area contributed by atoms with Crippen molar-refractivity contribution in [1.82, 2.24) is 4.90 Å². The van der Waals surface area contributed by atoms with Crippen molar-refractivity contribution in [3.05, 3.63) is 65.7 Å². The number of carbonyl (C=O) groups excluding carboxylic acids is 1. The molecule has 2 aromatic rings. The van der Waals surface area contributed by atoms with Gasteiger partial charge in [0.15, 0.2) is 0 Å². The maximum atomic E-state index is 12.3. The molecule has 0 aliphatic heterocycles. The van der Waals surface area contributed by atoms with Crippen molar-refractivity contribution < 1.29 is 9.53 Å². The average molecular weight is 332 g/mol. The lowest BCUT2D eigenvalue weighted by Gasteiger charge is -2.20. The van der Waals surface area contributed by atoms with Crippen molar-refractivity contribution in [2.24, 2.45) is 0 Å². The van der Waals surface area contributed by atoms with Gasteiger partial charge in [-0.1, -0.05) is 49.4 Å². The number of likely N-dealkylation sites (N-methyl/N-ethyl adjacent to an activating group) is 1. The molecule has 1 atom stereocenters. The van der Waals surface area contributed by atoms with Gasteiger partial charge in [0.1, 0.15) is 17.7 Å². The molecule has 0 N–H and O–H groups in total. The number of nitrogens with zero attached hydrogens (tertiary/aromatic N) is 1. The number of amides is 1. The minimum atomic E-state index is -0.662. The SMILES string of the molecule is CCc1cccc(OCCN(C)C(=O)C(Cl)c2ccccc2)c1. The van der Waals surface area contributed by atoms with Gasteiger partial charge >= 0.3 is 0 Å². The third-order valence-corrected chi connectivity index (χ3v) is 4.13. The van der Waals surface area contributed by atoms with Crippen LogP contribution in [0.1, 0.15) is 23.4 Å². The summed E-state index contributed by atoms with van der Waals surface area (Å²) in [5.41, 5.74) is 2.04. The minimum Gasteiger partial charge on any atom is -0.492 e. The van der Waals surface area contributed by atoms with E-state index >= 15 is 0 Å². The van der Waals surface area contributed by atoms with Crippen LogP contribution in [0.25, 0.3) is 0 Å². The van der Waals surface area contributed by atoms with Crippen LogP contribution in [0, 0.1) is 0 Å². The highest BCUT2D eigenvalue weighted by Crippen LogP contribution is 2.22. The lowest BCUT2D eigenvalue weighted by molar-refractivity contribution is -0.129. The summed E-state index contributed by atoms with van der Waals surface area (Å²) in [5, 5.41) is -0.662. The van der Waals surface area contributed by atoms with Crippen molar-refractivity contribution in [2.75, 3.05) is 20.2 Å². The lowest BCUT2D eigenvalue weighted by Crippen LogP contribution is -2.33. The van der Waals surface area contributed by atoms with E-state index in [1.165, 1.54) is 5.56 Å². The van der Waals surface area contributed by atoms with Crippen LogP contribution < -0.4 is 4.74 Å². The first-order chi connectivity index (χ1) is 11.1. The van der Waals surface area contributed by atoms with E-state index < -0.39 is 5.38 Å². The highest BCUT2D eigenvalue weighted by atomic mass is 35.5. The lowest BCUT2D eigenvalue weighted by atomic mass is 10.1. The third-order valence-electron chi connectivity index (χ3n) is 3.69. The molecule has 0 saturated carbocycles. The van der Waals surface area contributed by atoms with Gasteiger partial charge in [-0.15, -0.1) is 11.6 Å². The molecule has 1 unspecified atom stereocenters. The smallest absolute Gasteiger partial charge is 0.245 e. The largest absolute Gasteiger partial charge is 0.492 e. The van der Waals surface area contributed by atoms with Gasteiger partial charge in [-0.2, -0.15) is 0 Å². The van der Waals surface area contributed by atoms with Crippen molar-refractivity contribution in [3.8, 4) is 5.75 Å². The molecular formula is C19H22ClNO2. The van der Waals surface area contributed by atoms with E-state index in [9.17, 15) is 4.79 Å². The molecule has 23 heavy (non-hydrogen) atoms. The number of carbonyl (C=O) groups is 1. The monoisotopic (exact) mass is 331 g/mol. The number of aryl methyl sites for hydroxylation is 1. The summed E-state index contributed by atoms with van der Waals surface area (Å²) in [6, 6.07) is 17.4. The highest BCUT2D eigenvalue weighted by Gasteiger charge is 2.21. The summed E-state index contributed by atoms with van der Waals surface area (Å²) in [7, 11) is 1.74. The molecule has 0 aliphatic carbocycles. The van der Waals surface area contributed by atoms with E-state index in [0.717, 1.165) is 17.7 Å². The van der Waals surface area contributed by atoms with E-state index in [0.29, 0.717) is 13.2 Å². The zero-order chi connectivity index (χ0) is 16.7. The van der Waals surface area contributed by atoms with Crippen LogP contribution in [-0.2, 0) is 11.2 Å². The number of alkyl halides is 1. The second kappa shape index (κ2) is 8.59. The van der Waals surface area contributed by atoms with Gasteiger partial charge in [0.25, 0.3) is 0 Å². The van der Waals surface area contributed by atoms with Crippen LogP contribution in [0.4, 0.5) is 0 Å². The third kappa shape index (κ3) is 5.00. The molecule has 0 fully saturated rings. The second-order valence-electron chi connectivity index (χ2n) is 5.38. The summed E-state index contributed by atoms with van der Waals surface area (Å²) < 4.78 is 5.72. The Morgan fingerprint density at radius 2 is 1.91 bits per heavy atom. The minimum absolute atomic E-state index is 0.122. The number of benzene rings is 2. The fourth-order valence-electron chi connectivity index (χ4n) is 2.22. The molecule has 4 heteroatoms. The Hall–Kier alpha value is -2.00. The summed E-state index contributed by atoms with van der Waals surface area (Å²) in [4.78, 5) is 13.9. The molecule has 2 aromatic carbocycles. The molecule has 0 bridgehead atoms. The van der Waals surface area contributed by atoms with Crippen LogP contribution >= 0.6 is 11.6 Å². The van der Waals surface area contributed by atoms with Gasteiger partial charge in [-0.25, -0.2) is 0 Å². The quantitative estimate of drug-likeness (QED) is 0.716. The van der Waals surface area contributed by atoms with Crippen molar-refractivity contribution in [2.45, 2.75) is 18.7 Å². The fraction of sp³-hybridized carbons (Fsp3) is 0.316. The summed E-state index contributed by atoms with van der Waals surface area (Å²) >= 11 is 6.26. The Balaban J connectivity index is 1.84. The van der Waals surface area contributed by atoms with E-state index in [2.05, 4.69) is 13.0 Å². The highest BCUT2D eigenvalue weighted by molar-refractivity contribution is 6.30. The number of ether oxygens (including phenoxy) is 1. The van der Waals surface area contributed by atoms with E-state index in [1.807, 2.05) is 48.5 Å². The van der Waals surface area contributed by atoms with Gasteiger partial charge in [0, 0.05) is 7.05 Å². The van der Waals surface area contributed by atoms with E-state index in [4.69, 9.17) is 16.3 Å². The van der Waals surface area contributed by atoms with E-state index in [1.54, 1.807) is 11.9 Å². The van der Waals surface area contributed by atoms with E-state index in [-0.39, 0.29) is 5.91 Å². The first-order valence-electron chi connectivity index (χ1n) is 7.77. The predicted molar refractivity (Wildman–Crippen MR) is 94.0 cm³/mol. The molecular weight excluding hydrogens is 310 g/mol. The molecule has 0 aliphatic rings. The first-order valence-corrected chi connectivity index (χ1v) is 8.21. The van der Waals surface area contributed by atoms with Crippen LogP contribution in [-0.4, -0.2) is 31.0 Å². The predicted octanol–water partition coefficient (Wildman–Crippen LogP) is 4.07. The van der Waals surface area contributed by atoms with Gasteiger partial charge in [0.05, 0.1) is 6.54 Å². The molecule has 122 valence electrons. The molecule has 0 saturated heterocycles. The van der Waals surface area contributed by atoms with Crippen LogP contribution in [0.5, 0.6) is 5.75 Å². The fourth-order valence-corrected chi connectivity index (χ4v) is 2.54. The van der Waals surface area contributed by atoms with Gasteiger partial charge in [-0.3, -0.25) is 4.79 Å². The number of hydrogen-bond acceptors (Lipinski definition) is 2. The zero-order valence-corrected chi connectivity index (χ0v) is 14.3. The van der Waals surface area contributed by atoms with Crippen molar-refractivity contribution >= 4 is 17.5 Å². The summed E-state index contributed by atoms with van der Waals surface area (Å²) in [5.74, 6) is 0.708. The summed E-state index contributed by atoms with van der Waals surface area (Å²) in [6.45, 7) is 3.04. The van der Waals surface area contributed by atoms with Crippen LogP contribution in [0.3, 0.4) is 0 Å². The molecule has 0 spiro atoms. The van der Waals surface area contributed by atoms with Gasteiger partial charge in [-0.05, 0) is 29.7 Å². The van der Waals surface area contributed by atoms with Crippen LogP contribution in [0.15, 0.2) is 54.6 Å². The van der Waals surface area contributed by atoms with Gasteiger partial charge in [0.2, 0.25) is 5.91 Å². The Morgan fingerprint density at radius 1 is 1.17 bits per heavy atom. The molecule has 3 nitrogen and oxygen atoms in total. The van der Waals surface area contributed by atoms with Crippen molar-refractivity contribution in [3.63, 3.8) is 0 Å². The Bertz CT molecular complexity index is 630. The van der Waals surface area contributed by atoms with Crippen LogP contribution in [0.2, 0.25) is 0 Å². The topological polar surface area (TPSA) is 29.5 Å². The van der Waals surface area contributed by atoms with Gasteiger partial charge < -0.3 is 9.64 Å². The Labute approximate surface area is 142 Å². The van der Waals surface area contributed by atoms with Crippen molar-refractivity contribution in [1.29, 1.82) is 0 Å². The molecule has 1 amide bonds. The number of rotatable bonds is 7. The average Bonchev–Trinajstić information content (AvgIpc) is 2.61. The number of halogens is 1. The molecule has 0 heterocycles.